The topological polar surface area (TPSA) is 162 Å². The van der Waals surface area contributed by atoms with E-state index in [0.29, 0.717) is 0 Å². The Morgan fingerprint density at radius 3 is 2.21 bits per heavy atom. The van der Waals surface area contributed by atoms with Crippen LogP contribution in [0, 0.1) is 0 Å². The maximum atomic E-state index is 13.1. The molecule has 3 aromatic carbocycles. The van der Waals surface area contributed by atoms with Crippen molar-refractivity contribution in [3.05, 3.63) is 94.6 Å². The summed E-state index contributed by atoms with van der Waals surface area (Å²) >= 11 is 0. The Labute approximate surface area is 223 Å². The highest BCUT2D eigenvalue weighted by atomic mass is 16.5. The lowest BCUT2D eigenvalue weighted by Crippen LogP contribution is -2.22. The van der Waals surface area contributed by atoms with Gasteiger partial charge in [-0.2, -0.15) is 0 Å². The van der Waals surface area contributed by atoms with Crippen LogP contribution >= 0.6 is 0 Å². The fraction of sp³-hybridized carbons (Fsp3) is 0.172. The molecule has 0 spiro atoms. The molecule has 200 valence electrons. The highest BCUT2D eigenvalue weighted by molar-refractivity contribution is 6.31. The Hall–Kier alpha value is -4.96. The van der Waals surface area contributed by atoms with Gasteiger partial charge in [-0.15, -0.1) is 0 Å². The third kappa shape index (κ3) is 5.65. The third-order valence-electron chi connectivity index (χ3n) is 5.94. The Kier molecular flexibility index (Phi) is 7.78. The van der Waals surface area contributed by atoms with Crippen molar-refractivity contribution >= 4 is 29.2 Å². The Bertz CT molecular complexity index is 1490. The molecule has 1 atom stereocenters. The summed E-state index contributed by atoms with van der Waals surface area (Å²) in [5, 5.41) is 20.5. The van der Waals surface area contributed by atoms with Gasteiger partial charge in [0.25, 0.3) is 0 Å². The Morgan fingerprint density at radius 2 is 1.59 bits per heavy atom. The quantitative estimate of drug-likeness (QED) is 0.126. The summed E-state index contributed by atoms with van der Waals surface area (Å²) in [6.45, 7) is 4.61. The minimum absolute atomic E-state index is 0.0439. The number of hydrogen-bond donors (Lipinski definition) is 3. The Morgan fingerprint density at radius 1 is 0.974 bits per heavy atom. The van der Waals surface area contributed by atoms with E-state index < -0.39 is 35.4 Å². The first kappa shape index (κ1) is 27.1. The van der Waals surface area contributed by atoms with Crippen molar-refractivity contribution in [3.8, 4) is 17.2 Å². The van der Waals surface area contributed by atoms with Gasteiger partial charge in [0.1, 0.15) is 18.1 Å². The molecule has 4 rings (SSSR count). The number of anilines is 1. The van der Waals surface area contributed by atoms with E-state index in [4.69, 9.17) is 19.9 Å². The average Bonchev–Trinajstić information content (AvgIpc) is 2.92. The second kappa shape index (κ2) is 11.2. The number of rotatable bonds is 9. The number of hydrogen-bond acceptors (Lipinski definition) is 10. The van der Waals surface area contributed by atoms with Gasteiger partial charge in [0.2, 0.25) is 0 Å². The highest BCUT2D eigenvalue weighted by Gasteiger charge is 2.35. The number of aliphatic hydroxyl groups is 1. The lowest BCUT2D eigenvalue weighted by molar-refractivity contribution is -0.139. The SMILES string of the molecule is C=C(C)C(=O)OCCC(O)COC(=O)c1ccc(Oc2cc(O)c3c(c2N)C(=O)c2ccccc2C3=O)cc1. The number of aromatic hydroxyl groups is 1. The molecule has 0 fully saturated rings. The first-order chi connectivity index (χ1) is 18.6. The molecule has 0 bridgehead atoms. The van der Waals surface area contributed by atoms with Crippen LogP contribution < -0.4 is 10.5 Å². The number of aliphatic hydroxyl groups excluding tert-OH is 1. The van der Waals surface area contributed by atoms with E-state index >= 15 is 0 Å². The number of carbonyl (C=O) groups is 4. The molecule has 0 aromatic heterocycles. The number of nitrogens with two attached hydrogens (primary N) is 1. The van der Waals surface area contributed by atoms with Crippen molar-refractivity contribution < 1.29 is 43.6 Å². The molecule has 10 heteroatoms. The van der Waals surface area contributed by atoms with Gasteiger partial charge in [-0.05, 0) is 31.2 Å². The van der Waals surface area contributed by atoms with Crippen molar-refractivity contribution in [3.63, 3.8) is 0 Å². The van der Waals surface area contributed by atoms with Crippen LogP contribution in [0.3, 0.4) is 0 Å². The number of esters is 2. The normalized spacial score (nSPS) is 12.7. The molecular weight excluding hydrogens is 506 g/mol. The van der Waals surface area contributed by atoms with E-state index in [9.17, 15) is 29.4 Å². The molecule has 3 aromatic rings. The molecule has 0 heterocycles. The van der Waals surface area contributed by atoms with Crippen LogP contribution in [0.1, 0.15) is 55.5 Å². The van der Waals surface area contributed by atoms with Gasteiger partial charge >= 0.3 is 11.9 Å². The second-order valence-corrected chi connectivity index (χ2v) is 8.84. The first-order valence-corrected chi connectivity index (χ1v) is 11.9. The van der Waals surface area contributed by atoms with E-state index in [2.05, 4.69) is 6.58 Å². The molecule has 1 unspecified atom stereocenters. The number of ether oxygens (including phenoxy) is 3. The standard InChI is InChI=1S/C29H25NO9/c1-15(2)28(35)37-12-11-17(31)14-38-29(36)16-7-9-18(10-8-16)39-22-13-21(32)23-24(25(22)30)27(34)20-6-4-3-5-19(20)26(23)33/h3-10,13,17,31-32H,1,11-12,14,30H2,2H3. The van der Waals surface area contributed by atoms with E-state index in [1.54, 1.807) is 12.1 Å². The number of ketones is 2. The number of benzene rings is 3. The fourth-order valence-electron chi connectivity index (χ4n) is 3.89. The molecule has 0 saturated heterocycles. The third-order valence-corrected chi connectivity index (χ3v) is 5.94. The molecule has 0 aliphatic heterocycles. The van der Waals surface area contributed by atoms with Gasteiger partial charge in [-0.1, -0.05) is 30.8 Å². The molecule has 1 aliphatic carbocycles. The zero-order valence-corrected chi connectivity index (χ0v) is 20.9. The fourth-order valence-corrected chi connectivity index (χ4v) is 3.89. The summed E-state index contributed by atoms with van der Waals surface area (Å²) in [5.41, 5.74) is 6.54. The van der Waals surface area contributed by atoms with Crippen LogP contribution in [0.15, 0.2) is 66.7 Å². The zero-order valence-electron chi connectivity index (χ0n) is 20.9. The van der Waals surface area contributed by atoms with Crippen LogP contribution in [0.5, 0.6) is 17.2 Å². The molecule has 1 aliphatic rings. The molecule has 0 amide bonds. The number of fused-ring (bicyclic) bond motifs is 2. The van der Waals surface area contributed by atoms with Crippen LogP contribution in [-0.2, 0) is 14.3 Å². The van der Waals surface area contributed by atoms with Gasteiger partial charge < -0.3 is 30.2 Å². The van der Waals surface area contributed by atoms with Crippen LogP contribution in [-0.4, -0.2) is 53.0 Å². The first-order valence-electron chi connectivity index (χ1n) is 11.9. The predicted octanol–water partition coefficient (Wildman–Crippen LogP) is 3.57. The van der Waals surface area contributed by atoms with E-state index in [0.717, 1.165) is 6.07 Å². The van der Waals surface area contributed by atoms with E-state index in [-0.39, 0.29) is 70.2 Å². The maximum absolute atomic E-state index is 13.1. The summed E-state index contributed by atoms with van der Waals surface area (Å²) in [6, 6.07) is 13.1. The molecule has 0 radical (unpaired) electrons. The summed E-state index contributed by atoms with van der Waals surface area (Å²) < 4.78 is 15.7. The summed E-state index contributed by atoms with van der Waals surface area (Å²) in [6.07, 6.45) is -0.955. The van der Waals surface area contributed by atoms with Gasteiger partial charge in [-0.25, -0.2) is 9.59 Å². The van der Waals surface area contributed by atoms with Crippen molar-refractivity contribution in [2.24, 2.45) is 0 Å². The van der Waals surface area contributed by atoms with Crippen LogP contribution in [0.25, 0.3) is 0 Å². The number of phenolic OH excluding ortho intramolecular Hbond substituents is 1. The van der Waals surface area contributed by atoms with Crippen molar-refractivity contribution in [1.29, 1.82) is 0 Å². The predicted molar refractivity (Wildman–Crippen MR) is 139 cm³/mol. The van der Waals surface area contributed by atoms with Crippen molar-refractivity contribution in [2.75, 3.05) is 18.9 Å². The minimum atomic E-state index is -1.03. The van der Waals surface area contributed by atoms with E-state index in [1.165, 1.54) is 43.3 Å². The lowest BCUT2D eigenvalue weighted by atomic mass is 9.82. The van der Waals surface area contributed by atoms with Gasteiger partial charge in [0, 0.05) is 29.2 Å². The summed E-state index contributed by atoms with van der Waals surface area (Å²) in [4.78, 5) is 49.7. The van der Waals surface area contributed by atoms with Crippen LogP contribution in [0.4, 0.5) is 5.69 Å². The average molecular weight is 532 g/mol. The number of nitrogen functional groups attached to an aromatic ring is 1. The molecule has 4 N–H and O–H groups in total. The molecule has 39 heavy (non-hydrogen) atoms. The number of carbonyl (C=O) groups excluding carboxylic acids is 4. The largest absolute Gasteiger partial charge is 0.507 e. The second-order valence-electron chi connectivity index (χ2n) is 8.84. The molecule has 10 nitrogen and oxygen atoms in total. The number of phenols is 1. The van der Waals surface area contributed by atoms with Gasteiger partial charge in [0.15, 0.2) is 17.3 Å². The summed E-state index contributed by atoms with van der Waals surface area (Å²) in [5.74, 6) is -2.56. The van der Waals surface area contributed by atoms with Gasteiger partial charge in [-0.3, -0.25) is 9.59 Å². The monoisotopic (exact) mass is 531 g/mol. The molecular formula is C29H25NO9. The minimum Gasteiger partial charge on any atom is -0.507 e. The van der Waals surface area contributed by atoms with Crippen molar-refractivity contribution in [1.82, 2.24) is 0 Å². The highest BCUT2D eigenvalue weighted by Crippen LogP contribution is 2.42. The smallest absolute Gasteiger partial charge is 0.338 e. The summed E-state index contributed by atoms with van der Waals surface area (Å²) in [7, 11) is 0. The van der Waals surface area contributed by atoms with Crippen LogP contribution in [0.2, 0.25) is 0 Å². The maximum Gasteiger partial charge on any atom is 0.338 e. The van der Waals surface area contributed by atoms with Gasteiger partial charge in [0.05, 0.1) is 35.1 Å². The molecule has 0 saturated carbocycles. The van der Waals surface area contributed by atoms with E-state index in [1.807, 2.05) is 0 Å². The Balaban J connectivity index is 1.41. The lowest BCUT2D eigenvalue weighted by Gasteiger charge is -2.21. The zero-order chi connectivity index (χ0) is 28.3. The van der Waals surface area contributed by atoms with Crippen molar-refractivity contribution in [2.45, 2.75) is 19.4 Å².